The molecule has 0 bridgehead atoms. The number of aryl methyl sites for hydroxylation is 1. The number of hydrogen-bond acceptors (Lipinski definition) is 3. The van der Waals surface area contributed by atoms with Crippen LogP contribution in [-0.4, -0.2) is 17.0 Å². The van der Waals surface area contributed by atoms with Gasteiger partial charge >= 0.3 is 0 Å². The van der Waals surface area contributed by atoms with E-state index in [9.17, 15) is 9.59 Å². The third kappa shape index (κ3) is 6.37. The molecular formula is C23H23Cl2N3O2. The first-order chi connectivity index (χ1) is 14.5. The van der Waals surface area contributed by atoms with Gasteiger partial charge in [-0.05, 0) is 48.2 Å². The molecule has 0 atom stereocenters. The first-order valence-corrected chi connectivity index (χ1v) is 10.5. The third-order valence-electron chi connectivity index (χ3n) is 4.61. The van der Waals surface area contributed by atoms with E-state index in [4.69, 9.17) is 23.2 Å². The summed E-state index contributed by atoms with van der Waals surface area (Å²) in [6, 6.07) is 18.9. The second-order valence-electron chi connectivity index (χ2n) is 6.90. The van der Waals surface area contributed by atoms with E-state index in [2.05, 4.69) is 22.8 Å². The second-order valence-corrected chi connectivity index (χ2v) is 7.71. The van der Waals surface area contributed by atoms with Crippen LogP contribution in [0.4, 0.5) is 5.69 Å². The minimum absolute atomic E-state index is 0.0559. The monoisotopic (exact) mass is 443 g/mol. The van der Waals surface area contributed by atoms with Crippen LogP contribution in [0.1, 0.15) is 17.5 Å². The number of hydrogen-bond donors (Lipinski definition) is 2. The number of nitrogens with zero attached hydrogens (tertiary/aromatic N) is 1. The molecule has 0 aliphatic carbocycles. The fraction of sp³-hybridized carbons (Fsp3) is 0.217. The summed E-state index contributed by atoms with van der Waals surface area (Å²) in [6.07, 6.45) is 3.45. The molecule has 1 aromatic heterocycles. The highest BCUT2D eigenvalue weighted by Gasteiger charge is 2.08. The van der Waals surface area contributed by atoms with Gasteiger partial charge < -0.3 is 15.2 Å². The van der Waals surface area contributed by atoms with E-state index < -0.39 is 0 Å². The lowest BCUT2D eigenvalue weighted by Gasteiger charge is -2.11. The van der Waals surface area contributed by atoms with Gasteiger partial charge in [0.2, 0.25) is 5.91 Å². The molecule has 30 heavy (non-hydrogen) atoms. The molecule has 0 saturated carbocycles. The standard InChI is InChI=1S/C23H23Cl2N3O2/c24-19-11-10-18(14-20(19)25)15-27-22(29)16-28-13-5-9-21(23(28)30)26-12-4-8-17-6-2-1-3-7-17/h1-3,5-7,9-11,13-14,26H,4,8,12,15-16H2,(H,27,29). The van der Waals surface area contributed by atoms with Crippen molar-refractivity contribution >= 4 is 34.8 Å². The van der Waals surface area contributed by atoms with Crippen molar-refractivity contribution in [3.05, 3.63) is 98.4 Å². The predicted molar refractivity (Wildman–Crippen MR) is 122 cm³/mol. The Morgan fingerprint density at radius 1 is 0.933 bits per heavy atom. The van der Waals surface area contributed by atoms with Crippen LogP contribution < -0.4 is 16.2 Å². The van der Waals surface area contributed by atoms with Gasteiger partial charge in [0, 0.05) is 19.3 Å². The summed E-state index contributed by atoms with van der Waals surface area (Å²) >= 11 is 11.9. The normalized spacial score (nSPS) is 10.6. The average Bonchev–Trinajstić information content (AvgIpc) is 2.75. The van der Waals surface area contributed by atoms with Crippen LogP contribution in [0.5, 0.6) is 0 Å². The summed E-state index contributed by atoms with van der Waals surface area (Å²) in [5.74, 6) is -0.260. The average molecular weight is 444 g/mol. The molecule has 0 aliphatic rings. The molecule has 156 valence electrons. The summed E-state index contributed by atoms with van der Waals surface area (Å²) in [5.41, 5.74) is 2.37. The highest BCUT2D eigenvalue weighted by molar-refractivity contribution is 6.42. The quantitative estimate of drug-likeness (QED) is 0.478. The summed E-state index contributed by atoms with van der Waals surface area (Å²) in [7, 11) is 0. The summed E-state index contributed by atoms with van der Waals surface area (Å²) in [5, 5.41) is 6.86. The third-order valence-corrected chi connectivity index (χ3v) is 5.35. The van der Waals surface area contributed by atoms with E-state index in [1.807, 2.05) is 18.2 Å². The molecule has 3 aromatic rings. The molecule has 7 heteroatoms. The zero-order valence-electron chi connectivity index (χ0n) is 16.4. The van der Waals surface area contributed by atoms with Crippen LogP contribution in [0.15, 0.2) is 71.7 Å². The maximum Gasteiger partial charge on any atom is 0.274 e. The van der Waals surface area contributed by atoms with Crippen LogP contribution in [-0.2, 0) is 24.3 Å². The van der Waals surface area contributed by atoms with Gasteiger partial charge in [-0.2, -0.15) is 0 Å². The zero-order valence-corrected chi connectivity index (χ0v) is 17.9. The Morgan fingerprint density at radius 2 is 1.73 bits per heavy atom. The van der Waals surface area contributed by atoms with Crippen molar-refractivity contribution in [2.75, 3.05) is 11.9 Å². The largest absolute Gasteiger partial charge is 0.381 e. The molecule has 2 aromatic carbocycles. The number of carbonyl (C=O) groups is 1. The van der Waals surface area contributed by atoms with Gasteiger partial charge in [0.15, 0.2) is 0 Å². The number of pyridine rings is 1. The van der Waals surface area contributed by atoms with Crippen molar-refractivity contribution < 1.29 is 4.79 Å². The molecule has 0 fully saturated rings. The molecule has 5 nitrogen and oxygen atoms in total. The molecule has 0 spiro atoms. The van der Waals surface area contributed by atoms with E-state index in [-0.39, 0.29) is 18.0 Å². The first kappa shape index (κ1) is 21.9. The van der Waals surface area contributed by atoms with Crippen LogP contribution in [0.25, 0.3) is 0 Å². The number of aromatic nitrogens is 1. The maximum atomic E-state index is 12.6. The number of benzene rings is 2. The summed E-state index contributed by atoms with van der Waals surface area (Å²) in [4.78, 5) is 24.9. The van der Waals surface area contributed by atoms with Crippen LogP contribution in [0, 0.1) is 0 Å². The number of nitrogens with one attached hydrogen (secondary N) is 2. The minimum Gasteiger partial charge on any atom is -0.381 e. The van der Waals surface area contributed by atoms with Crippen LogP contribution in [0.2, 0.25) is 10.0 Å². The van der Waals surface area contributed by atoms with Crippen molar-refractivity contribution in [3.63, 3.8) is 0 Å². The van der Waals surface area contributed by atoms with Crippen molar-refractivity contribution in [1.29, 1.82) is 0 Å². The highest BCUT2D eigenvalue weighted by atomic mass is 35.5. The Labute approximate surface area is 185 Å². The molecule has 0 unspecified atom stereocenters. The second kappa shape index (κ2) is 10.9. The number of carbonyl (C=O) groups excluding carboxylic acids is 1. The van der Waals surface area contributed by atoms with E-state index in [1.54, 1.807) is 36.5 Å². The molecule has 0 aliphatic heterocycles. The van der Waals surface area contributed by atoms with Gasteiger partial charge in [-0.25, -0.2) is 0 Å². The Balaban J connectivity index is 1.50. The Morgan fingerprint density at radius 3 is 2.50 bits per heavy atom. The summed E-state index contributed by atoms with van der Waals surface area (Å²) in [6.45, 7) is 0.930. The number of halogens is 2. The topological polar surface area (TPSA) is 63.1 Å². The van der Waals surface area contributed by atoms with Gasteiger partial charge in [0.1, 0.15) is 12.2 Å². The maximum absolute atomic E-state index is 12.6. The minimum atomic E-state index is -0.260. The highest BCUT2D eigenvalue weighted by Crippen LogP contribution is 2.22. The van der Waals surface area contributed by atoms with E-state index >= 15 is 0 Å². The van der Waals surface area contributed by atoms with E-state index in [0.29, 0.717) is 28.8 Å². The lowest BCUT2D eigenvalue weighted by molar-refractivity contribution is -0.121. The van der Waals surface area contributed by atoms with Gasteiger partial charge in [-0.3, -0.25) is 9.59 Å². The Hall–Kier alpha value is -2.76. The van der Waals surface area contributed by atoms with Crippen LogP contribution in [0.3, 0.4) is 0 Å². The van der Waals surface area contributed by atoms with E-state index in [1.165, 1.54) is 10.1 Å². The fourth-order valence-corrected chi connectivity index (χ4v) is 3.34. The summed E-state index contributed by atoms with van der Waals surface area (Å²) < 4.78 is 1.39. The zero-order chi connectivity index (χ0) is 21.3. The Kier molecular flexibility index (Phi) is 7.94. The smallest absolute Gasteiger partial charge is 0.274 e. The lowest BCUT2D eigenvalue weighted by Crippen LogP contribution is -2.32. The molecule has 2 N–H and O–H groups in total. The van der Waals surface area contributed by atoms with Gasteiger partial charge in [-0.1, -0.05) is 59.6 Å². The predicted octanol–water partition coefficient (Wildman–Crippen LogP) is 4.52. The van der Waals surface area contributed by atoms with Gasteiger partial charge in [0.25, 0.3) is 5.56 Å². The molecule has 0 radical (unpaired) electrons. The molecular weight excluding hydrogens is 421 g/mol. The first-order valence-electron chi connectivity index (χ1n) is 9.71. The molecule has 1 heterocycles. The number of amides is 1. The SMILES string of the molecule is O=C(Cn1cccc(NCCCc2ccccc2)c1=O)NCc1ccc(Cl)c(Cl)c1. The van der Waals surface area contributed by atoms with Crippen molar-refractivity contribution in [3.8, 4) is 0 Å². The van der Waals surface area contributed by atoms with Crippen molar-refractivity contribution in [2.24, 2.45) is 0 Å². The van der Waals surface area contributed by atoms with Gasteiger partial charge in [-0.15, -0.1) is 0 Å². The molecule has 3 rings (SSSR count). The molecule has 1 amide bonds. The Bertz CT molecular complexity index is 1050. The van der Waals surface area contributed by atoms with Crippen LogP contribution >= 0.6 is 23.2 Å². The van der Waals surface area contributed by atoms with Crippen molar-refractivity contribution in [1.82, 2.24) is 9.88 Å². The van der Waals surface area contributed by atoms with Crippen molar-refractivity contribution in [2.45, 2.75) is 25.9 Å². The van der Waals surface area contributed by atoms with E-state index in [0.717, 1.165) is 18.4 Å². The lowest BCUT2D eigenvalue weighted by atomic mass is 10.1. The number of anilines is 1. The van der Waals surface area contributed by atoms with Gasteiger partial charge in [0.05, 0.1) is 10.0 Å². The fourth-order valence-electron chi connectivity index (χ4n) is 3.02. The number of rotatable bonds is 9. The molecule has 0 saturated heterocycles.